The van der Waals surface area contributed by atoms with Crippen LogP contribution >= 0.6 is 0 Å². The summed E-state index contributed by atoms with van der Waals surface area (Å²) < 4.78 is 5.16. The Labute approximate surface area is 86.4 Å². The Hall–Kier alpha value is -1.24. The lowest BCUT2D eigenvalue weighted by Gasteiger charge is -2.10. The van der Waals surface area contributed by atoms with Crippen molar-refractivity contribution in [2.75, 3.05) is 7.11 Å². The lowest BCUT2D eigenvalue weighted by Crippen LogP contribution is -1.98. The lowest BCUT2D eigenvalue weighted by atomic mass is 9.97. The average Bonchev–Trinajstić information content (AvgIpc) is 2.20. The number of hydrogen-bond acceptors (Lipinski definition) is 1. The summed E-state index contributed by atoms with van der Waals surface area (Å²) in [7, 11) is 1.70. The molecule has 0 fully saturated rings. The second-order valence-electron chi connectivity index (χ2n) is 3.71. The van der Waals surface area contributed by atoms with Crippen LogP contribution in [0.3, 0.4) is 0 Å². The molecule has 0 saturated carbocycles. The van der Waals surface area contributed by atoms with E-state index in [0.717, 1.165) is 12.2 Å². The summed E-state index contributed by atoms with van der Waals surface area (Å²) >= 11 is 0. The highest BCUT2D eigenvalue weighted by molar-refractivity contribution is 5.35. The van der Waals surface area contributed by atoms with Gasteiger partial charge in [-0.3, -0.25) is 0 Å². The Morgan fingerprint density at radius 2 is 2.21 bits per heavy atom. The minimum absolute atomic E-state index is 0.530. The molecule has 0 aliphatic heterocycles. The summed E-state index contributed by atoms with van der Waals surface area (Å²) in [5.41, 5.74) is 2.66. The normalized spacial score (nSPS) is 12.2. The van der Waals surface area contributed by atoms with Crippen LogP contribution in [0.2, 0.25) is 0 Å². The fraction of sp³-hybridized carbons (Fsp3) is 0.385. The van der Waals surface area contributed by atoms with Gasteiger partial charge in [0, 0.05) is 0 Å². The van der Waals surface area contributed by atoms with Gasteiger partial charge in [-0.25, -0.2) is 0 Å². The van der Waals surface area contributed by atoms with Gasteiger partial charge < -0.3 is 4.74 Å². The van der Waals surface area contributed by atoms with Gasteiger partial charge in [0.1, 0.15) is 5.75 Å². The van der Waals surface area contributed by atoms with Crippen molar-refractivity contribution in [2.45, 2.75) is 20.3 Å². The molecule has 0 saturated heterocycles. The molecule has 0 bridgehead atoms. The molecule has 0 amide bonds. The predicted octanol–water partition coefficient (Wildman–Crippen LogP) is 3.37. The molecule has 1 atom stereocenters. The zero-order valence-electron chi connectivity index (χ0n) is 9.21. The summed E-state index contributed by atoms with van der Waals surface area (Å²) in [5, 5.41) is 0. The first-order valence-corrected chi connectivity index (χ1v) is 4.93. The highest BCUT2D eigenvalue weighted by Gasteiger charge is 2.03. The summed E-state index contributed by atoms with van der Waals surface area (Å²) in [4.78, 5) is 0. The molecular weight excluding hydrogens is 172 g/mol. The quantitative estimate of drug-likeness (QED) is 0.661. The second kappa shape index (κ2) is 4.85. The third kappa shape index (κ3) is 2.63. The second-order valence-corrected chi connectivity index (χ2v) is 3.71. The summed E-state index contributed by atoms with van der Waals surface area (Å²) in [6.07, 6.45) is 3.04. The van der Waals surface area contributed by atoms with E-state index in [1.807, 2.05) is 12.1 Å². The highest BCUT2D eigenvalue weighted by atomic mass is 16.5. The van der Waals surface area contributed by atoms with Crippen LogP contribution in [0.4, 0.5) is 0 Å². The molecule has 0 spiro atoms. The van der Waals surface area contributed by atoms with E-state index in [9.17, 15) is 0 Å². The molecule has 1 nitrogen and oxygen atoms in total. The van der Waals surface area contributed by atoms with Crippen molar-refractivity contribution in [2.24, 2.45) is 5.92 Å². The number of rotatable bonds is 4. The van der Waals surface area contributed by atoms with Crippen molar-refractivity contribution < 1.29 is 4.74 Å². The average molecular weight is 190 g/mol. The molecule has 14 heavy (non-hydrogen) atoms. The van der Waals surface area contributed by atoms with Crippen LogP contribution in [0.25, 0.3) is 0 Å². The van der Waals surface area contributed by atoms with Gasteiger partial charge in [-0.05, 0) is 42.5 Å². The van der Waals surface area contributed by atoms with Crippen LogP contribution in [0.15, 0.2) is 30.9 Å². The maximum atomic E-state index is 5.16. The molecule has 0 radical (unpaired) electrons. The zero-order chi connectivity index (χ0) is 10.6. The van der Waals surface area contributed by atoms with E-state index in [2.05, 4.69) is 32.6 Å². The molecule has 1 aromatic rings. The topological polar surface area (TPSA) is 9.23 Å². The van der Waals surface area contributed by atoms with E-state index in [-0.39, 0.29) is 0 Å². The van der Waals surface area contributed by atoms with Crippen molar-refractivity contribution >= 4 is 0 Å². The van der Waals surface area contributed by atoms with Crippen LogP contribution in [0.5, 0.6) is 5.75 Å². The van der Waals surface area contributed by atoms with Crippen molar-refractivity contribution in [1.82, 2.24) is 0 Å². The van der Waals surface area contributed by atoms with E-state index < -0.39 is 0 Å². The lowest BCUT2D eigenvalue weighted by molar-refractivity contribution is 0.414. The minimum Gasteiger partial charge on any atom is -0.497 e. The van der Waals surface area contributed by atoms with Crippen molar-refractivity contribution in [3.8, 4) is 5.75 Å². The number of methoxy groups -OCH3 is 1. The highest BCUT2D eigenvalue weighted by Crippen LogP contribution is 2.19. The van der Waals surface area contributed by atoms with Crippen molar-refractivity contribution in [3.63, 3.8) is 0 Å². The van der Waals surface area contributed by atoms with E-state index >= 15 is 0 Å². The first-order chi connectivity index (χ1) is 6.67. The molecular formula is C13H18O. The van der Waals surface area contributed by atoms with Gasteiger partial charge in [0.2, 0.25) is 0 Å². The third-order valence-electron chi connectivity index (χ3n) is 2.49. The molecule has 0 aromatic heterocycles. The number of ether oxygens (including phenoxy) is 1. The van der Waals surface area contributed by atoms with Gasteiger partial charge in [-0.2, -0.15) is 0 Å². The molecule has 1 aromatic carbocycles. The molecule has 1 unspecified atom stereocenters. The number of hydrogen-bond donors (Lipinski definition) is 0. The number of aryl methyl sites for hydroxylation is 1. The standard InChI is InChI=1S/C13H18O/c1-5-10(2)8-12-6-7-13(14-4)9-11(12)3/h5-7,9-10H,1,8H2,2-4H3. The Bertz CT molecular complexity index is 315. The first-order valence-electron chi connectivity index (χ1n) is 4.93. The molecule has 0 aliphatic rings. The Morgan fingerprint density at radius 3 is 2.71 bits per heavy atom. The van der Waals surface area contributed by atoms with E-state index in [1.165, 1.54) is 11.1 Å². The SMILES string of the molecule is C=CC(C)Cc1ccc(OC)cc1C. The molecule has 0 heterocycles. The molecule has 76 valence electrons. The van der Waals surface area contributed by atoms with Gasteiger partial charge >= 0.3 is 0 Å². The fourth-order valence-electron chi connectivity index (χ4n) is 1.45. The summed E-state index contributed by atoms with van der Waals surface area (Å²) in [5.74, 6) is 1.46. The predicted molar refractivity (Wildman–Crippen MR) is 60.8 cm³/mol. The van der Waals surface area contributed by atoms with Crippen LogP contribution in [-0.4, -0.2) is 7.11 Å². The maximum Gasteiger partial charge on any atom is 0.119 e. The zero-order valence-corrected chi connectivity index (χ0v) is 9.21. The Morgan fingerprint density at radius 1 is 1.50 bits per heavy atom. The van der Waals surface area contributed by atoms with Gasteiger partial charge in [-0.1, -0.05) is 19.1 Å². The van der Waals surface area contributed by atoms with Gasteiger partial charge in [0.05, 0.1) is 7.11 Å². The van der Waals surface area contributed by atoms with Crippen LogP contribution in [0.1, 0.15) is 18.1 Å². The van der Waals surface area contributed by atoms with Gasteiger partial charge in [-0.15, -0.1) is 6.58 Å². The fourth-order valence-corrected chi connectivity index (χ4v) is 1.45. The molecule has 1 rings (SSSR count). The number of allylic oxidation sites excluding steroid dienone is 1. The first kappa shape index (κ1) is 10.8. The van der Waals surface area contributed by atoms with E-state index in [4.69, 9.17) is 4.74 Å². The maximum absolute atomic E-state index is 5.16. The monoisotopic (exact) mass is 190 g/mol. The van der Waals surface area contributed by atoms with Crippen molar-refractivity contribution in [3.05, 3.63) is 42.0 Å². The summed E-state index contributed by atoms with van der Waals surface area (Å²) in [6, 6.07) is 6.22. The van der Waals surface area contributed by atoms with E-state index in [0.29, 0.717) is 5.92 Å². The van der Waals surface area contributed by atoms with Gasteiger partial charge in [0.25, 0.3) is 0 Å². The molecule has 0 N–H and O–H groups in total. The Kier molecular flexibility index (Phi) is 3.75. The largest absolute Gasteiger partial charge is 0.497 e. The minimum atomic E-state index is 0.530. The molecule has 1 heteroatoms. The third-order valence-corrected chi connectivity index (χ3v) is 2.49. The molecule has 0 aliphatic carbocycles. The van der Waals surface area contributed by atoms with Crippen LogP contribution in [0, 0.1) is 12.8 Å². The summed E-state index contributed by atoms with van der Waals surface area (Å²) in [6.45, 7) is 8.09. The number of benzene rings is 1. The Balaban J connectivity index is 2.83. The van der Waals surface area contributed by atoms with E-state index in [1.54, 1.807) is 7.11 Å². The smallest absolute Gasteiger partial charge is 0.119 e. The van der Waals surface area contributed by atoms with Crippen LogP contribution in [-0.2, 0) is 6.42 Å². The van der Waals surface area contributed by atoms with Crippen molar-refractivity contribution in [1.29, 1.82) is 0 Å². The van der Waals surface area contributed by atoms with Gasteiger partial charge in [0.15, 0.2) is 0 Å². The van der Waals surface area contributed by atoms with Crippen LogP contribution < -0.4 is 4.74 Å².